The molecular weight excluding hydrogens is 386 g/mol. The molecule has 2 fully saturated rings. The van der Waals surface area contributed by atoms with Gasteiger partial charge in [0.05, 0.1) is 24.5 Å². The summed E-state index contributed by atoms with van der Waals surface area (Å²) >= 11 is 5.89. The second-order valence-corrected chi connectivity index (χ2v) is 7.36. The van der Waals surface area contributed by atoms with Crippen LogP contribution in [0.4, 0.5) is 0 Å². The van der Waals surface area contributed by atoms with Crippen LogP contribution >= 0.6 is 11.6 Å². The predicted octanol–water partition coefficient (Wildman–Crippen LogP) is 1.67. The monoisotopic (exact) mass is 407 g/mol. The lowest BCUT2D eigenvalue weighted by Gasteiger charge is -2.19. The maximum Gasteiger partial charge on any atom is 0.273 e. The standard InChI is InChI=1S/C19H22ClN3O5/c1-28-15-7-6-11(20)10-14(15)17(25)22-21-16(24)8-9-23-18(26)12-4-2-3-5-13(12)19(23)27/h6-7,10,12-13H,2-5,8-9H2,1H3,(H,21,24)(H,22,25)/t12-,13+. The molecule has 1 saturated carbocycles. The highest BCUT2D eigenvalue weighted by Gasteiger charge is 2.47. The van der Waals surface area contributed by atoms with Crippen molar-refractivity contribution >= 4 is 35.2 Å². The summed E-state index contributed by atoms with van der Waals surface area (Å²) in [7, 11) is 1.42. The van der Waals surface area contributed by atoms with Crippen LogP contribution in [0.2, 0.25) is 5.02 Å². The minimum atomic E-state index is -0.591. The van der Waals surface area contributed by atoms with Crippen molar-refractivity contribution in [3.8, 4) is 5.75 Å². The first-order chi connectivity index (χ1) is 13.4. The number of nitrogens with zero attached hydrogens (tertiary/aromatic N) is 1. The van der Waals surface area contributed by atoms with E-state index in [1.165, 1.54) is 18.1 Å². The van der Waals surface area contributed by atoms with Gasteiger partial charge in [0, 0.05) is 18.0 Å². The molecule has 0 bridgehead atoms. The SMILES string of the molecule is COc1ccc(Cl)cc1C(=O)NNC(=O)CCN1C(=O)[C@H]2CCCC[C@H]2C1=O. The Morgan fingerprint density at radius 3 is 2.39 bits per heavy atom. The Bertz CT molecular complexity index is 789. The number of halogens is 1. The Kier molecular flexibility index (Phi) is 6.18. The van der Waals surface area contributed by atoms with Crippen molar-refractivity contribution in [2.75, 3.05) is 13.7 Å². The number of likely N-dealkylation sites (tertiary alicyclic amines) is 1. The molecule has 2 aliphatic rings. The highest BCUT2D eigenvalue weighted by atomic mass is 35.5. The van der Waals surface area contributed by atoms with Gasteiger partial charge < -0.3 is 4.74 Å². The van der Waals surface area contributed by atoms with Crippen LogP contribution in [0.25, 0.3) is 0 Å². The summed E-state index contributed by atoms with van der Waals surface area (Å²) in [5, 5.41) is 0.352. The summed E-state index contributed by atoms with van der Waals surface area (Å²) in [5.74, 6) is -1.63. The third-order valence-electron chi connectivity index (χ3n) is 5.22. The molecule has 3 rings (SSSR count). The Balaban J connectivity index is 1.51. The number of carbonyl (C=O) groups excluding carboxylic acids is 4. The molecule has 2 atom stereocenters. The maximum atomic E-state index is 12.4. The minimum Gasteiger partial charge on any atom is -0.496 e. The van der Waals surface area contributed by atoms with Gasteiger partial charge in [-0.3, -0.25) is 34.9 Å². The average molecular weight is 408 g/mol. The van der Waals surface area contributed by atoms with Gasteiger partial charge in [-0.05, 0) is 31.0 Å². The summed E-state index contributed by atoms with van der Waals surface area (Å²) in [6.45, 7) is 0.00680. The molecular formula is C19H22ClN3O5. The van der Waals surface area contributed by atoms with Crippen molar-refractivity contribution < 1.29 is 23.9 Å². The number of imide groups is 1. The number of nitrogens with one attached hydrogen (secondary N) is 2. The van der Waals surface area contributed by atoms with E-state index in [2.05, 4.69) is 10.9 Å². The normalized spacial score (nSPS) is 21.3. The van der Waals surface area contributed by atoms with Crippen LogP contribution in [-0.4, -0.2) is 42.2 Å². The smallest absolute Gasteiger partial charge is 0.273 e. The van der Waals surface area contributed by atoms with Crippen molar-refractivity contribution in [1.82, 2.24) is 15.8 Å². The number of benzene rings is 1. The van der Waals surface area contributed by atoms with Crippen molar-refractivity contribution in [2.24, 2.45) is 11.8 Å². The topological polar surface area (TPSA) is 105 Å². The van der Waals surface area contributed by atoms with Gasteiger partial charge in [0.2, 0.25) is 17.7 Å². The first-order valence-corrected chi connectivity index (χ1v) is 9.58. The van der Waals surface area contributed by atoms with Gasteiger partial charge in [0.25, 0.3) is 5.91 Å². The minimum absolute atomic E-state index is 0.00680. The van der Waals surface area contributed by atoms with E-state index in [1.807, 2.05) is 0 Å². The van der Waals surface area contributed by atoms with Gasteiger partial charge in [0.15, 0.2) is 0 Å². The number of hydrazine groups is 1. The van der Waals surface area contributed by atoms with Crippen molar-refractivity contribution in [3.05, 3.63) is 28.8 Å². The zero-order valence-corrected chi connectivity index (χ0v) is 16.3. The number of carbonyl (C=O) groups is 4. The fourth-order valence-electron chi connectivity index (χ4n) is 3.78. The Morgan fingerprint density at radius 2 is 1.79 bits per heavy atom. The third kappa shape index (κ3) is 4.11. The number of fused-ring (bicyclic) bond motifs is 1. The van der Waals surface area contributed by atoms with Crippen LogP contribution < -0.4 is 15.6 Å². The van der Waals surface area contributed by atoms with Crippen LogP contribution in [0.1, 0.15) is 42.5 Å². The molecule has 1 heterocycles. The molecule has 4 amide bonds. The molecule has 1 aliphatic carbocycles. The molecule has 8 nitrogen and oxygen atoms in total. The van der Waals surface area contributed by atoms with E-state index in [4.69, 9.17) is 16.3 Å². The summed E-state index contributed by atoms with van der Waals surface area (Å²) in [6, 6.07) is 4.55. The molecule has 0 spiro atoms. The zero-order chi connectivity index (χ0) is 20.3. The first kappa shape index (κ1) is 20.1. The van der Waals surface area contributed by atoms with Crippen LogP contribution in [0.5, 0.6) is 5.75 Å². The van der Waals surface area contributed by atoms with E-state index in [9.17, 15) is 19.2 Å². The molecule has 2 N–H and O–H groups in total. The second kappa shape index (κ2) is 8.60. The van der Waals surface area contributed by atoms with Gasteiger partial charge >= 0.3 is 0 Å². The molecule has 0 radical (unpaired) electrons. The number of methoxy groups -OCH3 is 1. The largest absolute Gasteiger partial charge is 0.496 e. The summed E-state index contributed by atoms with van der Waals surface area (Å²) in [4.78, 5) is 50.3. The maximum absolute atomic E-state index is 12.4. The Hall–Kier alpha value is -2.61. The van der Waals surface area contributed by atoms with Crippen molar-refractivity contribution in [1.29, 1.82) is 0 Å². The van der Waals surface area contributed by atoms with Crippen LogP contribution in [0.3, 0.4) is 0 Å². The number of hydrogen-bond acceptors (Lipinski definition) is 5. The van der Waals surface area contributed by atoms with Crippen molar-refractivity contribution in [3.63, 3.8) is 0 Å². The Labute approximate surface area is 167 Å². The fourth-order valence-corrected chi connectivity index (χ4v) is 3.95. The quantitative estimate of drug-likeness (QED) is 0.570. The molecule has 0 aromatic heterocycles. The molecule has 1 aliphatic heterocycles. The number of ether oxygens (including phenoxy) is 1. The van der Waals surface area contributed by atoms with Crippen molar-refractivity contribution in [2.45, 2.75) is 32.1 Å². The van der Waals surface area contributed by atoms with E-state index in [0.29, 0.717) is 10.8 Å². The van der Waals surface area contributed by atoms with Gasteiger partial charge in [-0.25, -0.2) is 0 Å². The molecule has 150 valence electrons. The molecule has 1 aromatic rings. The van der Waals surface area contributed by atoms with E-state index in [-0.39, 0.29) is 42.2 Å². The van der Waals surface area contributed by atoms with Gasteiger partial charge in [-0.1, -0.05) is 24.4 Å². The number of amides is 4. The van der Waals surface area contributed by atoms with Crippen LogP contribution in [-0.2, 0) is 14.4 Å². The summed E-state index contributed by atoms with van der Waals surface area (Å²) in [5.41, 5.74) is 4.74. The van der Waals surface area contributed by atoms with E-state index in [1.54, 1.807) is 12.1 Å². The summed E-state index contributed by atoms with van der Waals surface area (Å²) < 4.78 is 5.10. The fraction of sp³-hybridized carbons (Fsp3) is 0.474. The van der Waals surface area contributed by atoms with E-state index < -0.39 is 11.8 Å². The molecule has 9 heteroatoms. The first-order valence-electron chi connectivity index (χ1n) is 9.20. The lowest BCUT2D eigenvalue weighted by atomic mass is 9.81. The zero-order valence-electron chi connectivity index (χ0n) is 15.5. The lowest BCUT2D eigenvalue weighted by molar-refractivity contribution is -0.140. The lowest BCUT2D eigenvalue weighted by Crippen LogP contribution is -2.43. The van der Waals surface area contributed by atoms with Gasteiger partial charge in [-0.2, -0.15) is 0 Å². The molecule has 0 unspecified atom stereocenters. The number of rotatable bonds is 5. The summed E-state index contributed by atoms with van der Waals surface area (Å²) in [6.07, 6.45) is 3.27. The highest BCUT2D eigenvalue weighted by Crippen LogP contribution is 2.37. The third-order valence-corrected chi connectivity index (χ3v) is 5.45. The van der Waals surface area contributed by atoms with Gasteiger partial charge in [0.1, 0.15) is 5.75 Å². The van der Waals surface area contributed by atoms with Gasteiger partial charge in [-0.15, -0.1) is 0 Å². The van der Waals surface area contributed by atoms with E-state index in [0.717, 1.165) is 25.7 Å². The molecule has 1 saturated heterocycles. The van der Waals surface area contributed by atoms with E-state index >= 15 is 0 Å². The second-order valence-electron chi connectivity index (χ2n) is 6.92. The number of hydrogen-bond donors (Lipinski definition) is 2. The average Bonchev–Trinajstić information content (AvgIpc) is 2.95. The van der Waals surface area contributed by atoms with Crippen LogP contribution in [0.15, 0.2) is 18.2 Å². The predicted molar refractivity (Wildman–Crippen MR) is 100 cm³/mol. The highest BCUT2D eigenvalue weighted by molar-refractivity contribution is 6.31. The molecule has 28 heavy (non-hydrogen) atoms. The molecule has 1 aromatic carbocycles. The van der Waals surface area contributed by atoms with Crippen LogP contribution in [0, 0.1) is 11.8 Å². The Morgan fingerprint density at radius 1 is 1.14 bits per heavy atom.